The molecule has 0 aliphatic heterocycles. The second-order valence-corrected chi connectivity index (χ2v) is 3.71. The normalized spacial score (nSPS) is 9.88. The summed E-state index contributed by atoms with van der Waals surface area (Å²) < 4.78 is 3.52. The molecule has 0 spiro atoms. The van der Waals surface area contributed by atoms with Crippen LogP contribution in [0.4, 0.5) is 0 Å². The third kappa shape index (κ3) is 2.88. The summed E-state index contributed by atoms with van der Waals surface area (Å²) in [6, 6.07) is 0. The van der Waals surface area contributed by atoms with Crippen LogP contribution in [-0.4, -0.2) is 29.8 Å². The standard InChI is InChI=1S/2C5H9N3/c1-4-6-5(2)8(3)7-4;1-4-5(2)8(3)7-6-4/h2*1-3H3. The van der Waals surface area contributed by atoms with Crippen molar-refractivity contribution in [3.8, 4) is 0 Å². The van der Waals surface area contributed by atoms with Gasteiger partial charge in [-0.15, -0.1) is 5.10 Å². The van der Waals surface area contributed by atoms with Crippen LogP contribution in [-0.2, 0) is 14.1 Å². The maximum Gasteiger partial charge on any atom is 0.147 e. The fourth-order valence-electron chi connectivity index (χ4n) is 1.13. The average Bonchev–Trinajstić information content (AvgIpc) is 2.65. The predicted octanol–water partition coefficient (Wildman–Crippen LogP) is 0.864. The van der Waals surface area contributed by atoms with Crippen molar-refractivity contribution >= 4 is 0 Å². The third-order valence-corrected chi connectivity index (χ3v) is 2.42. The van der Waals surface area contributed by atoms with Crippen molar-refractivity contribution in [2.75, 3.05) is 0 Å². The molecule has 0 fully saturated rings. The summed E-state index contributed by atoms with van der Waals surface area (Å²) >= 11 is 0. The summed E-state index contributed by atoms with van der Waals surface area (Å²) in [4.78, 5) is 4.06. The van der Waals surface area contributed by atoms with Gasteiger partial charge in [-0.25, -0.2) is 4.98 Å². The molecule has 0 radical (unpaired) electrons. The molecule has 0 aliphatic carbocycles. The molecule has 0 N–H and O–H groups in total. The molecule has 0 bridgehead atoms. The van der Waals surface area contributed by atoms with E-state index in [1.807, 2.05) is 41.8 Å². The molecule has 0 aliphatic rings. The number of aryl methyl sites for hydroxylation is 5. The Balaban J connectivity index is 0.000000160. The zero-order valence-electron chi connectivity index (χ0n) is 10.7. The molecule has 6 nitrogen and oxygen atoms in total. The Labute approximate surface area is 95.3 Å². The summed E-state index contributed by atoms with van der Waals surface area (Å²) in [5.74, 6) is 1.80. The Morgan fingerprint density at radius 2 is 1.56 bits per heavy atom. The van der Waals surface area contributed by atoms with Gasteiger partial charge in [-0.3, -0.25) is 9.36 Å². The van der Waals surface area contributed by atoms with Crippen LogP contribution in [0.3, 0.4) is 0 Å². The van der Waals surface area contributed by atoms with E-state index >= 15 is 0 Å². The monoisotopic (exact) mass is 222 g/mol. The quantitative estimate of drug-likeness (QED) is 0.663. The van der Waals surface area contributed by atoms with Gasteiger partial charge in [0.05, 0.1) is 11.4 Å². The van der Waals surface area contributed by atoms with Crippen LogP contribution in [0, 0.1) is 27.7 Å². The largest absolute Gasteiger partial charge is 0.253 e. The molecule has 2 heterocycles. The molecule has 0 saturated heterocycles. The first kappa shape index (κ1) is 12.4. The van der Waals surface area contributed by atoms with Gasteiger partial charge in [0.15, 0.2) is 0 Å². The Morgan fingerprint density at radius 1 is 0.938 bits per heavy atom. The maximum atomic E-state index is 4.06. The van der Waals surface area contributed by atoms with Gasteiger partial charge in [0.25, 0.3) is 0 Å². The Hall–Kier alpha value is -1.72. The van der Waals surface area contributed by atoms with Crippen molar-refractivity contribution in [3.05, 3.63) is 23.0 Å². The average molecular weight is 222 g/mol. The first-order chi connectivity index (χ1) is 7.41. The van der Waals surface area contributed by atoms with E-state index in [9.17, 15) is 0 Å². The topological polar surface area (TPSA) is 61.4 Å². The van der Waals surface area contributed by atoms with E-state index in [1.54, 1.807) is 9.36 Å². The highest BCUT2D eigenvalue weighted by molar-refractivity contribution is 5.03. The molecule has 0 saturated carbocycles. The summed E-state index contributed by atoms with van der Waals surface area (Å²) in [6.07, 6.45) is 0. The van der Waals surface area contributed by atoms with Crippen molar-refractivity contribution in [1.82, 2.24) is 29.8 Å². The summed E-state index contributed by atoms with van der Waals surface area (Å²) in [6.45, 7) is 7.75. The zero-order chi connectivity index (χ0) is 12.3. The molecule has 0 atom stereocenters. The van der Waals surface area contributed by atoms with Crippen molar-refractivity contribution in [1.29, 1.82) is 0 Å². The number of nitrogens with zero attached hydrogens (tertiary/aromatic N) is 6. The van der Waals surface area contributed by atoms with Crippen LogP contribution in [0.5, 0.6) is 0 Å². The fourth-order valence-corrected chi connectivity index (χ4v) is 1.13. The molecule has 88 valence electrons. The molecule has 0 amide bonds. The minimum absolute atomic E-state index is 0.838. The number of hydrogen-bond donors (Lipinski definition) is 0. The van der Waals surface area contributed by atoms with E-state index in [-0.39, 0.29) is 0 Å². The Kier molecular flexibility index (Phi) is 3.76. The number of rotatable bonds is 0. The van der Waals surface area contributed by atoms with E-state index in [4.69, 9.17) is 0 Å². The smallest absolute Gasteiger partial charge is 0.147 e. The van der Waals surface area contributed by atoms with Gasteiger partial charge < -0.3 is 0 Å². The van der Waals surface area contributed by atoms with E-state index < -0.39 is 0 Å². The number of aromatic nitrogens is 6. The molecular weight excluding hydrogens is 204 g/mol. The Bertz CT molecular complexity index is 429. The first-order valence-electron chi connectivity index (χ1n) is 5.09. The van der Waals surface area contributed by atoms with E-state index in [0.717, 1.165) is 23.0 Å². The highest BCUT2D eigenvalue weighted by Gasteiger charge is 1.96. The molecular formula is C10H18N6. The van der Waals surface area contributed by atoms with Gasteiger partial charge in [0.1, 0.15) is 11.6 Å². The van der Waals surface area contributed by atoms with Crippen LogP contribution < -0.4 is 0 Å². The van der Waals surface area contributed by atoms with Crippen LogP contribution in [0.25, 0.3) is 0 Å². The Morgan fingerprint density at radius 3 is 1.69 bits per heavy atom. The van der Waals surface area contributed by atoms with Gasteiger partial charge in [0, 0.05) is 14.1 Å². The van der Waals surface area contributed by atoms with Gasteiger partial charge in [-0.05, 0) is 27.7 Å². The lowest BCUT2D eigenvalue weighted by molar-refractivity contribution is 0.696. The fraction of sp³-hybridized carbons (Fsp3) is 0.600. The molecule has 6 heteroatoms. The summed E-state index contributed by atoms with van der Waals surface area (Å²) in [5.41, 5.74) is 2.14. The minimum atomic E-state index is 0.838. The summed E-state index contributed by atoms with van der Waals surface area (Å²) in [5, 5.41) is 11.6. The lowest BCUT2D eigenvalue weighted by Crippen LogP contribution is -1.92. The lowest BCUT2D eigenvalue weighted by atomic mass is 10.4. The minimum Gasteiger partial charge on any atom is -0.253 e. The van der Waals surface area contributed by atoms with Crippen molar-refractivity contribution in [2.24, 2.45) is 14.1 Å². The van der Waals surface area contributed by atoms with Crippen LogP contribution in [0.2, 0.25) is 0 Å². The van der Waals surface area contributed by atoms with Crippen LogP contribution >= 0.6 is 0 Å². The molecule has 16 heavy (non-hydrogen) atoms. The van der Waals surface area contributed by atoms with Crippen molar-refractivity contribution in [2.45, 2.75) is 27.7 Å². The maximum absolute atomic E-state index is 4.06. The van der Waals surface area contributed by atoms with E-state index in [0.29, 0.717) is 0 Å². The van der Waals surface area contributed by atoms with Crippen molar-refractivity contribution < 1.29 is 0 Å². The van der Waals surface area contributed by atoms with Gasteiger partial charge in [-0.2, -0.15) is 5.10 Å². The molecule has 2 rings (SSSR count). The third-order valence-electron chi connectivity index (χ3n) is 2.42. The van der Waals surface area contributed by atoms with Gasteiger partial charge in [0.2, 0.25) is 0 Å². The molecule has 2 aromatic rings. The van der Waals surface area contributed by atoms with Gasteiger partial charge >= 0.3 is 0 Å². The molecule has 2 aromatic heterocycles. The second-order valence-electron chi connectivity index (χ2n) is 3.71. The van der Waals surface area contributed by atoms with Gasteiger partial charge in [-0.1, -0.05) is 5.21 Å². The van der Waals surface area contributed by atoms with Crippen molar-refractivity contribution in [3.63, 3.8) is 0 Å². The highest BCUT2D eigenvalue weighted by Crippen LogP contribution is 1.96. The molecule has 0 aromatic carbocycles. The zero-order valence-corrected chi connectivity index (χ0v) is 10.7. The second kappa shape index (κ2) is 4.87. The summed E-state index contributed by atoms with van der Waals surface area (Å²) in [7, 11) is 3.77. The SMILES string of the molecule is Cc1nc(C)n(C)n1.Cc1nnn(C)c1C. The number of hydrogen-bond acceptors (Lipinski definition) is 4. The van der Waals surface area contributed by atoms with Crippen LogP contribution in [0.15, 0.2) is 0 Å². The predicted molar refractivity (Wildman–Crippen MR) is 61.0 cm³/mol. The first-order valence-corrected chi connectivity index (χ1v) is 5.09. The van der Waals surface area contributed by atoms with E-state index in [2.05, 4.69) is 20.4 Å². The molecule has 0 unspecified atom stereocenters. The lowest BCUT2D eigenvalue weighted by Gasteiger charge is -1.87. The highest BCUT2D eigenvalue weighted by atomic mass is 15.4. The van der Waals surface area contributed by atoms with Crippen LogP contribution in [0.1, 0.15) is 23.0 Å². The van der Waals surface area contributed by atoms with E-state index in [1.165, 1.54) is 0 Å².